The third kappa shape index (κ3) is 2.15. The van der Waals surface area contributed by atoms with Crippen molar-refractivity contribution in [3.05, 3.63) is 32.6 Å². The molecule has 0 fully saturated rings. The van der Waals surface area contributed by atoms with E-state index in [0.717, 1.165) is 4.57 Å². The van der Waals surface area contributed by atoms with Crippen LogP contribution < -0.4 is 11.2 Å². The molecule has 0 saturated heterocycles. The lowest BCUT2D eigenvalue weighted by Crippen LogP contribution is -2.39. The Bertz CT molecular complexity index is 498. The highest BCUT2D eigenvalue weighted by atomic mass is 16.5. The van der Waals surface area contributed by atoms with E-state index >= 15 is 0 Å². The highest BCUT2D eigenvalue weighted by molar-refractivity contribution is 5.72. The number of nitrogens with zero attached hydrogens (tertiary/aromatic N) is 2. The van der Waals surface area contributed by atoms with Gasteiger partial charge in [0, 0.05) is 25.9 Å². The number of ether oxygens (including phenoxy) is 1. The Kier molecular flexibility index (Phi) is 3.08. The van der Waals surface area contributed by atoms with E-state index in [-0.39, 0.29) is 12.0 Å². The highest BCUT2D eigenvalue weighted by Gasteiger charge is 2.10. The molecule has 0 atom stereocenters. The van der Waals surface area contributed by atoms with Gasteiger partial charge in [-0.05, 0) is 0 Å². The lowest BCUT2D eigenvalue weighted by Gasteiger charge is -2.05. The fourth-order valence-corrected chi connectivity index (χ4v) is 1.23. The number of hydrogen-bond donors (Lipinski definition) is 0. The Morgan fingerprint density at radius 2 is 2.00 bits per heavy atom. The second-order valence-electron chi connectivity index (χ2n) is 3.16. The second kappa shape index (κ2) is 4.12. The van der Waals surface area contributed by atoms with Gasteiger partial charge in [-0.15, -0.1) is 0 Å². The third-order valence-electron chi connectivity index (χ3n) is 2.08. The number of carbonyl (C=O) groups is 1. The molecule has 0 spiro atoms. The van der Waals surface area contributed by atoms with Gasteiger partial charge in [0.25, 0.3) is 5.56 Å². The van der Waals surface area contributed by atoms with Crippen molar-refractivity contribution in [2.75, 3.05) is 7.11 Å². The maximum Gasteiger partial charge on any atom is 0.330 e. The summed E-state index contributed by atoms with van der Waals surface area (Å²) in [5.74, 6) is -0.509. The zero-order chi connectivity index (χ0) is 11.6. The number of methoxy groups -OCH3 is 1. The summed E-state index contributed by atoms with van der Waals surface area (Å²) in [6.07, 6.45) is 1.22. The predicted molar refractivity (Wildman–Crippen MR) is 52.6 cm³/mol. The lowest BCUT2D eigenvalue weighted by atomic mass is 10.2. The molecule has 6 heteroatoms. The fraction of sp³-hybridized carbons (Fsp3) is 0.444. The van der Waals surface area contributed by atoms with Crippen molar-refractivity contribution in [2.45, 2.75) is 6.42 Å². The first kappa shape index (κ1) is 11.2. The van der Waals surface area contributed by atoms with Crippen molar-refractivity contribution < 1.29 is 9.53 Å². The molecule has 82 valence electrons. The molecule has 0 aliphatic rings. The van der Waals surface area contributed by atoms with E-state index < -0.39 is 17.2 Å². The molecular formula is C9H12N2O4. The van der Waals surface area contributed by atoms with Gasteiger partial charge in [0.05, 0.1) is 13.5 Å². The highest BCUT2D eigenvalue weighted by Crippen LogP contribution is 1.91. The van der Waals surface area contributed by atoms with E-state index in [2.05, 4.69) is 4.74 Å². The minimum atomic E-state index is -0.509. The molecular weight excluding hydrogens is 200 g/mol. The smallest absolute Gasteiger partial charge is 0.330 e. The molecule has 15 heavy (non-hydrogen) atoms. The number of rotatable bonds is 2. The summed E-state index contributed by atoms with van der Waals surface area (Å²) in [7, 11) is 4.13. The van der Waals surface area contributed by atoms with Gasteiger partial charge >= 0.3 is 11.7 Å². The van der Waals surface area contributed by atoms with E-state index in [1.54, 1.807) is 0 Å². The molecule has 1 heterocycles. The molecule has 0 saturated carbocycles. The van der Waals surface area contributed by atoms with Gasteiger partial charge in [0.15, 0.2) is 0 Å². The van der Waals surface area contributed by atoms with Crippen molar-refractivity contribution in [2.24, 2.45) is 14.1 Å². The van der Waals surface area contributed by atoms with Crippen molar-refractivity contribution in [1.29, 1.82) is 0 Å². The largest absolute Gasteiger partial charge is 0.469 e. The Hall–Kier alpha value is -1.85. The van der Waals surface area contributed by atoms with E-state index in [4.69, 9.17) is 0 Å². The first-order valence-electron chi connectivity index (χ1n) is 4.29. The molecule has 1 aromatic rings. The average molecular weight is 212 g/mol. The molecule has 1 aromatic heterocycles. The molecule has 0 aromatic carbocycles. The molecule has 0 aliphatic carbocycles. The van der Waals surface area contributed by atoms with Gasteiger partial charge in [-0.1, -0.05) is 0 Å². The Labute approximate surface area is 85.7 Å². The quantitative estimate of drug-likeness (QED) is 0.577. The number of hydrogen-bond acceptors (Lipinski definition) is 4. The minimum absolute atomic E-state index is 0.128. The Morgan fingerprint density at radius 1 is 1.40 bits per heavy atom. The van der Waals surface area contributed by atoms with Crippen molar-refractivity contribution in [3.63, 3.8) is 0 Å². The summed E-state index contributed by atoms with van der Waals surface area (Å²) in [4.78, 5) is 33.8. The van der Waals surface area contributed by atoms with Crippen LogP contribution in [0.2, 0.25) is 0 Å². The molecule has 1 rings (SSSR count). The van der Waals surface area contributed by atoms with Gasteiger partial charge in [-0.25, -0.2) is 4.79 Å². The predicted octanol–water partition coefficient (Wildman–Crippen LogP) is -1.20. The van der Waals surface area contributed by atoms with Crippen LogP contribution >= 0.6 is 0 Å². The van der Waals surface area contributed by atoms with Crippen LogP contribution in [0.1, 0.15) is 5.56 Å². The van der Waals surface area contributed by atoms with Crippen LogP contribution in [0.3, 0.4) is 0 Å². The van der Waals surface area contributed by atoms with Crippen molar-refractivity contribution in [3.8, 4) is 0 Å². The fourth-order valence-electron chi connectivity index (χ4n) is 1.23. The maximum absolute atomic E-state index is 11.5. The molecule has 0 radical (unpaired) electrons. The normalized spacial score (nSPS) is 10.1. The third-order valence-corrected chi connectivity index (χ3v) is 2.08. The van der Waals surface area contributed by atoms with Crippen molar-refractivity contribution in [1.82, 2.24) is 9.13 Å². The first-order chi connectivity index (χ1) is 6.97. The minimum Gasteiger partial charge on any atom is -0.469 e. The van der Waals surface area contributed by atoms with Crippen LogP contribution in [0.25, 0.3) is 0 Å². The number of esters is 1. The zero-order valence-corrected chi connectivity index (χ0v) is 8.81. The van der Waals surface area contributed by atoms with Crippen LogP contribution in [0, 0.1) is 0 Å². The Morgan fingerprint density at radius 3 is 2.53 bits per heavy atom. The van der Waals surface area contributed by atoms with Gasteiger partial charge in [-0.3, -0.25) is 14.2 Å². The van der Waals surface area contributed by atoms with E-state index in [0.29, 0.717) is 0 Å². The molecule has 0 bridgehead atoms. The van der Waals surface area contributed by atoms with Gasteiger partial charge < -0.3 is 9.30 Å². The van der Waals surface area contributed by atoms with Crippen LogP contribution in [-0.4, -0.2) is 22.2 Å². The maximum atomic E-state index is 11.5. The number of aromatic nitrogens is 2. The van der Waals surface area contributed by atoms with E-state index in [1.807, 2.05) is 0 Å². The topological polar surface area (TPSA) is 70.3 Å². The first-order valence-corrected chi connectivity index (χ1v) is 4.29. The summed E-state index contributed by atoms with van der Waals surface area (Å²) >= 11 is 0. The van der Waals surface area contributed by atoms with Crippen molar-refractivity contribution >= 4 is 5.97 Å². The summed E-state index contributed by atoms with van der Waals surface area (Å²) in [5.41, 5.74) is -0.649. The van der Waals surface area contributed by atoms with E-state index in [1.165, 1.54) is 32.0 Å². The molecule has 6 nitrogen and oxygen atoms in total. The van der Waals surface area contributed by atoms with E-state index in [9.17, 15) is 14.4 Å². The zero-order valence-electron chi connectivity index (χ0n) is 8.81. The van der Waals surface area contributed by atoms with Gasteiger partial charge in [-0.2, -0.15) is 0 Å². The molecule has 0 unspecified atom stereocenters. The standard InChI is InChI=1S/C9H12N2O4/c1-10-5-6(4-7(12)15-3)8(13)11(2)9(10)14/h5H,4H2,1-3H3. The van der Waals surface area contributed by atoms with Crippen LogP contribution in [0.5, 0.6) is 0 Å². The monoisotopic (exact) mass is 212 g/mol. The van der Waals surface area contributed by atoms with Crippen LogP contribution in [0.4, 0.5) is 0 Å². The molecule has 0 aliphatic heterocycles. The second-order valence-corrected chi connectivity index (χ2v) is 3.16. The SMILES string of the molecule is COC(=O)Cc1cn(C)c(=O)n(C)c1=O. The number of aryl methyl sites for hydroxylation is 1. The molecule has 0 amide bonds. The summed E-state index contributed by atoms with van der Waals surface area (Å²) in [6.45, 7) is 0. The molecule has 0 N–H and O–H groups in total. The summed E-state index contributed by atoms with van der Waals surface area (Å²) < 4.78 is 6.65. The van der Waals surface area contributed by atoms with Crippen LogP contribution in [-0.2, 0) is 30.0 Å². The number of carbonyl (C=O) groups excluding carboxylic acids is 1. The average Bonchev–Trinajstić information content (AvgIpc) is 2.22. The van der Waals surface area contributed by atoms with Gasteiger partial charge in [0.1, 0.15) is 0 Å². The van der Waals surface area contributed by atoms with Gasteiger partial charge in [0.2, 0.25) is 0 Å². The summed E-state index contributed by atoms with van der Waals surface area (Å²) in [5, 5.41) is 0. The lowest BCUT2D eigenvalue weighted by molar-refractivity contribution is -0.139. The Balaban J connectivity index is 3.27. The van der Waals surface area contributed by atoms with Crippen LogP contribution in [0.15, 0.2) is 15.8 Å². The summed E-state index contributed by atoms with van der Waals surface area (Å²) in [6, 6.07) is 0.